The van der Waals surface area contributed by atoms with Crippen molar-refractivity contribution in [3.63, 3.8) is 0 Å². The predicted octanol–water partition coefficient (Wildman–Crippen LogP) is 3.27. The number of carbonyl (C=O) groups is 2. The molecule has 2 amide bonds. The fourth-order valence-electron chi connectivity index (χ4n) is 4.20. The summed E-state index contributed by atoms with van der Waals surface area (Å²) in [5.74, 6) is -0.610. The number of hydrogen-bond donors (Lipinski definition) is 1. The van der Waals surface area contributed by atoms with Crippen LogP contribution in [0.2, 0.25) is 0 Å². The maximum atomic E-state index is 13.9. The molecule has 0 saturated carbocycles. The summed E-state index contributed by atoms with van der Waals surface area (Å²) in [5.41, 5.74) is 1.65. The Labute approximate surface area is 172 Å². The molecule has 1 fully saturated rings. The minimum absolute atomic E-state index is 0.0341. The van der Waals surface area contributed by atoms with E-state index in [2.05, 4.69) is 10.3 Å². The maximum absolute atomic E-state index is 13.9. The van der Waals surface area contributed by atoms with Gasteiger partial charge in [0.25, 0.3) is 5.91 Å². The van der Waals surface area contributed by atoms with Crippen LogP contribution in [-0.4, -0.2) is 40.6 Å². The Morgan fingerprint density at radius 1 is 1.20 bits per heavy atom. The number of fused-ring (bicyclic) bond motifs is 3. The zero-order chi connectivity index (χ0) is 20.7. The predicted molar refractivity (Wildman–Crippen MR) is 110 cm³/mol. The number of anilines is 2. The summed E-state index contributed by atoms with van der Waals surface area (Å²) in [6, 6.07) is 12.8. The Balaban J connectivity index is 1.45. The number of nitrogens with one attached hydrogen (secondary N) is 1. The molecule has 8 heteroatoms. The highest BCUT2D eigenvalue weighted by Crippen LogP contribution is 2.37. The summed E-state index contributed by atoms with van der Waals surface area (Å²) in [7, 11) is 0. The molecule has 3 heterocycles. The zero-order valence-electron chi connectivity index (χ0n) is 16.3. The normalized spacial score (nSPS) is 20.7. The van der Waals surface area contributed by atoms with Crippen molar-refractivity contribution in [1.82, 2.24) is 9.55 Å². The van der Waals surface area contributed by atoms with Gasteiger partial charge in [0.2, 0.25) is 11.9 Å². The number of benzene rings is 2. The number of para-hydroxylation sites is 3. The van der Waals surface area contributed by atoms with E-state index in [9.17, 15) is 14.0 Å². The number of aromatic nitrogens is 2. The zero-order valence-corrected chi connectivity index (χ0v) is 16.3. The van der Waals surface area contributed by atoms with Crippen molar-refractivity contribution in [2.75, 3.05) is 23.4 Å². The molecule has 2 atom stereocenters. The number of ether oxygens (including phenoxy) is 1. The van der Waals surface area contributed by atoms with Crippen LogP contribution in [0.15, 0.2) is 48.5 Å². The first-order valence-corrected chi connectivity index (χ1v) is 10.1. The number of amides is 2. The molecule has 0 unspecified atom stereocenters. The van der Waals surface area contributed by atoms with E-state index < -0.39 is 17.8 Å². The van der Waals surface area contributed by atoms with Crippen LogP contribution in [-0.2, 0) is 14.3 Å². The fraction of sp³-hybridized carbons (Fsp3) is 0.318. The Morgan fingerprint density at radius 2 is 2.00 bits per heavy atom. The third-order valence-corrected chi connectivity index (χ3v) is 5.62. The highest BCUT2D eigenvalue weighted by Gasteiger charge is 2.42. The molecule has 3 aromatic rings. The Kier molecular flexibility index (Phi) is 4.71. The first-order valence-electron chi connectivity index (χ1n) is 10.1. The van der Waals surface area contributed by atoms with Gasteiger partial charge >= 0.3 is 0 Å². The summed E-state index contributed by atoms with van der Waals surface area (Å²) in [6.07, 6.45) is 1.72. The van der Waals surface area contributed by atoms with Crippen molar-refractivity contribution in [2.45, 2.75) is 31.4 Å². The Hall–Kier alpha value is -3.26. The van der Waals surface area contributed by atoms with Crippen molar-refractivity contribution < 1.29 is 18.7 Å². The summed E-state index contributed by atoms with van der Waals surface area (Å²) >= 11 is 0. The maximum Gasteiger partial charge on any atom is 0.253 e. The first kappa shape index (κ1) is 18.7. The van der Waals surface area contributed by atoms with Crippen LogP contribution < -0.4 is 10.2 Å². The third-order valence-electron chi connectivity index (χ3n) is 5.62. The van der Waals surface area contributed by atoms with E-state index in [1.54, 1.807) is 17.0 Å². The van der Waals surface area contributed by atoms with E-state index in [-0.39, 0.29) is 24.1 Å². The van der Waals surface area contributed by atoms with E-state index in [1.165, 1.54) is 12.1 Å². The molecule has 0 bridgehead atoms. The minimum Gasteiger partial charge on any atom is -0.376 e. The molecule has 1 aromatic heterocycles. The van der Waals surface area contributed by atoms with E-state index >= 15 is 0 Å². The highest BCUT2D eigenvalue weighted by atomic mass is 19.1. The topological polar surface area (TPSA) is 76.5 Å². The van der Waals surface area contributed by atoms with Gasteiger partial charge in [-0.05, 0) is 37.1 Å². The number of nitrogens with zero attached hydrogens (tertiary/aromatic N) is 3. The van der Waals surface area contributed by atoms with Crippen LogP contribution in [0.3, 0.4) is 0 Å². The lowest BCUT2D eigenvalue weighted by Gasteiger charge is -2.19. The molecule has 0 spiro atoms. The lowest BCUT2D eigenvalue weighted by molar-refractivity contribution is -0.124. The first-order chi connectivity index (χ1) is 14.6. The molecule has 2 aliphatic heterocycles. The largest absolute Gasteiger partial charge is 0.376 e. The van der Waals surface area contributed by atoms with Crippen molar-refractivity contribution >= 4 is 34.5 Å². The van der Waals surface area contributed by atoms with Crippen LogP contribution >= 0.6 is 0 Å². The molecule has 7 nitrogen and oxygen atoms in total. The molecular weight excluding hydrogens is 387 g/mol. The van der Waals surface area contributed by atoms with Gasteiger partial charge < -0.3 is 10.1 Å². The van der Waals surface area contributed by atoms with Gasteiger partial charge in [-0.25, -0.2) is 9.37 Å². The van der Waals surface area contributed by atoms with Crippen LogP contribution in [0, 0.1) is 5.82 Å². The van der Waals surface area contributed by atoms with Crippen LogP contribution in [0.5, 0.6) is 0 Å². The second-order valence-electron chi connectivity index (χ2n) is 7.60. The standard InChI is InChI=1S/C22H21FN4O3/c23-15-7-1-2-8-16(15)24-20(28)12-19-21(29)26(13-14-6-5-11-30-14)22-25-17-9-3-4-10-18(17)27(19)22/h1-4,7-10,14,19H,5-6,11-13H2,(H,24,28)/t14-,19-/m0/s1. The molecule has 1 saturated heterocycles. The Bertz CT molecular complexity index is 1120. The summed E-state index contributed by atoms with van der Waals surface area (Å²) < 4.78 is 21.4. The van der Waals surface area contributed by atoms with Gasteiger partial charge in [0.05, 0.1) is 35.8 Å². The van der Waals surface area contributed by atoms with Crippen molar-refractivity contribution in [3.05, 3.63) is 54.3 Å². The smallest absolute Gasteiger partial charge is 0.253 e. The summed E-state index contributed by atoms with van der Waals surface area (Å²) in [5, 5.41) is 2.57. The second-order valence-corrected chi connectivity index (χ2v) is 7.60. The molecule has 154 valence electrons. The second kappa shape index (κ2) is 7.53. The average molecular weight is 408 g/mol. The van der Waals surface area contributed by atoms with Crippen LogP contribution in [0.4, 0.5) is 16.0 Å². The average Bonchev–Trinajstić information content (AvgIpc) is 3.44. The number of imidazole rings is 1. The molecule has 2 aliphatic rings. The Morgan fingerprint density at radius 3 is 2.80 bits per heavy atom. The van der Waals surface area contributed by atoms with Gasteiger partial charge in [0.15, 0.2) is 0 Å². The summed E-state index contributed by atoms with van der Waals surface area (Å²) in [4.78, 5) is 32.2. The van der Waals surface area contributed by atoms with Gasteiger partial charge in [-0.2, -0.15) is 0 Å². The van der Waals surface area contributed by atoms with E-state index in [0.717, 1.165) is 23.9 Å². The minimum atomic E-state index is -0.736. The molecule has 1 N–H and O–H groups in total. The van der Waals surface area contributed by atoms with E-state index in [4.69, 9.17) is 4.74 Å². The van der Waals surface area contributed by atoms with Gasteiger partial charge in [0.1, 0.15) is 11.9 Å². The molecule has 2 aromatic carbocycles. The molecule has 5 rings (SSSR count). The number of hydrogen-bond acceptors (Lipinski definition) is 4. The molecule has 0 radical (unpaired) electrons. The lowest BCUT2D eigenvalue weighted by Crippen LogP contribution is -2.37. The SMILES string of the molecule is O=C(C[C@H]1C(=O)N(C[C@@H]2CCCO2)c2nc3ccccc3n21)Nc1ccccc1F. The van der Waals surface area contributed by atoms with Gasteiger partial charge in [0, 0.05) is 6.61 Å². The van der Waals surface area contributed by atoms with Gasteiger partial charge in [-0.3, -0.25) is 19.1 Å². The fourth-order valence-corrected chi connectivity index (χ4v) is 4.20. The molecular formula is C22H21FN4O3. The lowest BCUT2D eigenvalue weighted by atomic mass is 10.1. The van der Waals surface area contributed by atoms with Gasteiger partial charge in [-0.15, -0.1) is 0 Å². The number of halogens is 1. The highest BCUT2D eigenvalue weighted by molar-refractivity contribution is 6.05. The third kappa shape index (κ3) is 3.23. The van der Waals surface area contributed by atoms with Crippen LogP contribution in [0.1, 0.15) is 25.3 Å². The van der Waals surface area contributed by atoms with Gasteiger partial charge in [-0.1, -0.05) is 24.3 Å². The van der Waals surface area contributed by atoms with Crippen molar-refractivity contribution in [1.29, 1.82) is 0 Å². The number of carbonyl (C=O) groups excluding carboxylic acids is 2. The molecule has 30 heavy (non-hydrogen) atoms. The number of rotatable bonds is 5. The van der Waals surface area contributed by atoms with Crippen LogP contribution in [0.25, 0.3) is 11.0 Å². The van der Waals surface area contributed by atoms with E-state index in [0.29, 0.717) is 19.1 Å². The monoisotopic (exact) mass is 408 g/mol. The van der Waals surface area contributed by atoms with Crippen molar-refractivity contribution in [3.8, 4) is 0 Å². The van der Waals surface area contributed by atoms with Crippen molar-refractivity contribution in [2.24, 2.45) is 0 Å². The summed E-state index contributed by atoms with van der Waals surface area (Å²) in [6.45, 7) is 1.10. The van der Waals surface area contributed by atoms with E-state index in [1.807, 2.05) is 28.8 Å². The molecule has 0 aliphatic carbocycles. The quantitative estimate of drug-likeness (QED) is 0.703.